The normalized spacial score (nSPS) is 17.9. The summed E-state index contributed by atoms with van der Waals surface area (Å²) in [6.45, 7) is 2.29. The molecule has 1 aliphatic heterocycles. The molecule has 1 aliphatic rings. The molecule has 22 heavy (non-hydrogen) atoms. The minimum atomic E-state index is -0.558. The molecule has 1 fully saturated rings. The predicted octanol–water partition coefficient (Wildman–Crippen LogP) is 3.63. The van der Waals surface area contributed by atoms with E-state index in [1.807, 2.05) is 61.5 Å². The average molecular weight is 312 g/mol. The van der Waals surface area contributed by atoms with Gasteiger partial charge in [0.1, 0.15) is 0 Å². The first-order valence-corrected chi connectivity index (χ1v) is 7.91. The van der Waals surface area contributed by atoms with Gasteiger partial charge in [0.05, 0.1) is 6.54 Å². The standard InChI is InChI=1S/C17H16N2O2S/c1-12-7-5-6-10-14(12)18-15-16(20)19(17(21)22-15)11-13-8-3-2-4-9-13/h2-10,15,18H,11H2,1H3. The zero-order chi connectivity index (χ0) is 15.5. The molecule has 2 aromatic carbocycles. The van der Waals surface area contributed by atoms with E-state index in [9.17, 15) is 9.59 Å². The van der Waals surface area contributed by atoms with Crippen LogP contribution in [0, 0.1) is 6.92 Å². The van der Waals surface area contributed by atoms with Crippen molar-refractivity contribution in [3.8, 4) is 0 Å². The molecule has 1 N–H and O–H groups in total. The fraction of sp³-hybridized carbons (Fsp3) is 0.176. The largest absolute Gasteiger partial charge is 0.365 e. The second-order valence-corrected chi connectivity index (χ2v) is 6.19. The van der Waals surface area contributed by atoms with Crippen LogP contribution in [0.3, 0.4) is 0 Å². The van der Waals surface area contributed by atoms with E-state index in [0.29, 0.717) is 6.54 Å². The summed E-state index contributed by atoms with van der Waals surface area (Å²) in [4.78, 5) is 25.9. The number of hydrogen-bond donors (Lipinski definition) is 1. The molecule has 1 unspecified atom stereocenters. The van der Waals surface area contributed by atoms with Gasteiger partial charge in [0.25, 0.3) is 11.1 Å². The molecule has 1 saturated heterocycles. The van der Waals surface area contributed by atoms with Gasteiger partial charge in [-0.15, -0.1) is 0 Å². The van der Waals surface area contributed by atoms with Gasteiger partial charge in [0.15, 0.2) is 5.37 Å². The minimum Gasteiger partial charge on any atom is -0.365 e. The lowest BCUT2D eigenvalue weighted by molar-refractivity contribution is -0.126. The number of carbonyl (C=O) groups is 2. The third-order valence-electron chi connectivity index (χ3n) is 3.54. The molecule has 0 spiro atoms. The highest BCUT2D eigenvalue weighted by Gasteiger charge is 2.39. The zero-order valence-corrected chi connectivity index (χ0v) is 13.0. The second kappa shape index (κ2) is 6.23. The molecule has 2 aromatic rings. The van der Waals surface area contributed by atoms with Gasteiger partial charge in [0, 0.05) is 5.69 Å². The van der Waals surface area contributed by atoms with Crippen LogP contribution in [0.1, 0.15) is 11.1 Å². The summed E-state index contributed by atoms with van der Waals surface area (Å²) >= 11 is 1.03. The van der Waals surface area contributed by atoms with Gasteiger partial charge in [-0.1, -0.05) is 48.5 Å². The lowest BCUT2D eigenvalue weighted by Gasteiger charge is -2.15. The second-order valence-electron chi connectivity index (χ2n) is 5.13. The molecule has 0 aromatic heterocycles. The summed E-state index contributed by atoms with van der Waals surface area (Å²) in [5.74, 6) is -0.192. The number of nitrogens with zero attached hydrogens (tertiary/aromatic N) is 1. The first-order valence-electron chi connectivity index (χ1n) is 7.03. The smallest absolute Gasteiger partial charge is 0.291 e. The maximum Gasteiger partial charge on any atom is 0.291 e. The fourth-order valence-electron chi connectivity index (χ4n) is 2.32. The first kappa shape index (κ1) is 14.7. The van der Waals surface area contributed by atoms with Crippen LogP contribution >= 0.6 is 11.8 Å². The number of nitrogens with one attached hydrogen (secondary N) is 1. The highest BCUT2D eigenvalue weighted by molar-refractivity contribution is 8.15. The molecular weight excluding hydrogens is 296 g/mol. The molecule has 1 heterocycles. The Morgan fingerprint density at radius 3 is 2.45 bits per heavy atom. The lowest BCUT2D eigenvalue weighted by atomic mass is 10.2. The van der Waals surface area contributed by atoms with Gasteiger partial charge < -0.3 is 5.32 Å². The Morgan fingerprint density at radius 1 is 1.05 bits per heavy atom. The number of amides is 2. The van der Waals surface area contributed by atoms with Gasteiger partial charge in [0.2, 0.25) is 0 Å². The number of benzene rings is 2. The summed E-state index contributed by atoms with van der Waals surface area (Å²) in [6, 6.07) is 17.3. The van der Waals surface area contributed by atoms with Crippen molar-refractivity contribution >= 4 is 28.6 Å². The summed E-state index contributed by atoms with van der Waals surface area (Å²) in [6.07, 6.45) is 0. The van der Waals surface area contributed by atoms with E-state index in [2.05, 4.69) is 5.32 Å². The number of aryl methyl sites for hydroxylation is 1. The monoisotopic (exact) mass is 312 g/mol. The van der Waals surface area contributed by atoms with Gasteiger partial charge in [-0.25, -0.2) is 0 Å². The molecule has 4 nitrogen and oxygen atoms in total. The highest BCUT2D eigenvalue weighted by atomic mass is 32.2. The Morgan fingerprint density at radius 2 is 1.73 bits per heavy atom. The highest BCUT2D eigenvalue weighted by Crippen LogP contribution is 2.30. The van der Waals surface area contributed by atoms with Gasteiger partial charge in [-0.3, -0.25) is 14.5 Å². The van der Waals surface area contributed by atoms with E-state index in [4.69, 9.17) is 0 Å². The van der Waals surface area contributed by atoms with Crippen molar-refractivity contribution in [3.05, 3.63) is 65.7 Å². The van der Waals surface area contributed by atoms with Gasteiger partial charge in [-0.05, 0) is 35.9 Å². The quantitative estimate of drug-likeness (QED) is 0.936. The van der Waals surface area contributed by atoms with Crippen LogP contribution in [-0.2, 0) is 11.3 Å². The van der Waals surface area contributed by atoms with Crippen molar-refractivity contribution in [3.63, 3.8) is 0 Å². The maximum absolute atomic E-state index is 12.5. The summed E-state index contributed by atoms with van der Waals surface area (Å²) < 4.78 is 0. The first-order chi connectivity index (χ1) is 10.6. The molecule has 112 valence electrons. The number of carbonyl (C=O) groups excluding carboxylic acids is 2. The predicted molar refractivity (Wildman–Crippen MR) is 88.6 cm³/mol. The third-order valence-corrected chi connectivity index (χ3v) is 4.52. The van der Waals surface area contributed by atoms with Crippen molar-refractivity contribution in [1.29, 1.82) is 0 Å². The van der Waals surface area contributed by atoms with Gasteiger partial charge in [-0.2, -0.15) is 0 Å². The van der Waals surface area contributed by atoms with Crippen LogP contribution in [0.25, 0.3) is 0 Å². The topological polar surface area (TPSA) is 49.4 Å². The molecule has 2 amide bonds. The molecule has 1 atom stereocenters. The van der Waals surface area contributed by atoms with E-state index in [1.54, 1.807) is 0 Å². The number of hydrogen-bond acceptors (Lipinski definition) is 4. The zero-order valence-electron chi connectivity index (χ0n) is 12.2. The number of anilines is 1. The van der Waals surface area contributed by atoms with Crippen LogP contribution < -0.4 is 5.32 Å². The van der Waals surface area contributed by atoms with Crippen molar-refractivity contribution < 1.29 is 9.59 Å². The maximum atomic E-state index is 12.5. The Hall–Kier alpha value is -2.27. The third kappa shape index (κ3) is 2.99. The van der Waals surface area contributed by atoms with Crippen molar-refractivity contribution in [2.45, 2.75) is 18.8 Å². The minimum absolute atomic E-state index is 0.192. The van der Waals surface area contributed by atoms with Crippen LogP contribution in [0.15, 0.2) is 54.6 Å². The summed E-state index contributed by atoms with van der Waals surface area (Å²) in [7, 11) is 0. The Bertz CT molecular complexity index is 703. The van der Waals surface area contributed by atoms with E-state index in [1.165, 1.54) is 4.90 Å². The SMILES string of the molecule is Cc1ccccc1NC1SC(=O)N(Cc2ccccc2)C1=O. The number of rotatable bonds is 4. The number of para-hydroxylation sites is 1. The van der Waals surface area contributed by atoms with Crippen molar-refractivity contribution in [1.82, 2.24) is 4.90 Å². The van der Waals surface area contributed by atoms with Crippen LogP contribution in [0.5, 0.6) is 0 Å². The number of thioether (sulfide) groups is 1. The molecule has 5 heteroatoms. The van der Waals surface area contributed by atoms with E-state index in [0.717, 1.165) is 28.6 Å². The molecule has 0 bridgehead atoms. The Kier molecular flexibility index (Phi) is 4.15. The molecule has 0 aliphatic carbocycles. The fourth-order valence-corrected chi connectivity index (χ4v) is 3.22. The van der Waals surface area contributed by atoms with Gasteiger partial charge >= 0.3 is 0 Å². The summed E-state index contributed by atoms with van der Waals surface area (Å²) in [5, 5.41) is 2.39. The Labute approximate surface area is 133 Å². The lowest BCUT2D eigenvalue weighted by Crippen LogP contribution is -2.34. The molecule has 3 rings (SSSR count). The molecule has 0 radical (unpaired) electrons. The molecule has 0 saturated carbocycles. The van der Waals surface area contributed by atoms with Crippen molar-refractivity contribution in [2.24, 2.45) is 0 Å². The van der Waals surface area contributed by atoms with E-state index >= 15 is 0 Å². The van der Waals surface area contributed by atoms with E-state index in [-0.39, 0.29) is 11.1 Å². The van der Waals surface area contributed by atoms with Crippen LogP contribution in [0.2, 0.25) is 0 Å². The van der Waals surface area contributed by atoms with E-state index < -0.39 is 5.37 Å². The molecular formula is C17H16N2O2S. The number of imide groups is 1. The average Bonchev–Trinajstić information content (AvgIpc) is 2.78. The summed E-state index contributed by atoms with van der Waals surface area (Å²) in [5.41, 5.74) is 2.87. The Balaban J connectivity index is 1.73. The van der Waals surface area contributed by atoms with Crippen LogP contribution in [-0.4, -0.2) is 21.4 Å². The van der Waals surface area contributed by atoms with Crippen molar-refractivity contribution in [2.75, 3.05) is 5.32 Å². The van der Waals surface area contributed by atoms with Crippen LogP contribution in [0.4, 0.5) is 10.5 Å².